The number of carbonyl (C=O) groups is 1. The van der Waals surface area contributed by atoms with Crippen molar-refractivity contribution in [3.8, 4) is 0 Å². The third-order valence-corrected chi connectivity index (χ3v) is 4.56. The van der Waals surface area contributed by atoms with Gasteiger partial charge in [0.05, 0.1) is 16.9 Å². The van der Waals surface area contributed by atoms with Crippen LogP contribution in [0.3, 0.4) is 0 Å². The summed E-state index contributed by atoms with van der Waals surface area (Å²) in [5.74, 6) is -0.827. The van der Waals surface area contributed by atoms with Gasteiger partial charge in [-0.1, -0.05) is 12.1 Å². The van der Waals surface area contributed by atoms with Crippen molar-refractivity contribution in [1.82, 2.24) is 10.6 Å². The molecular formula is C13H18N2O4S. The zero-order valence-electron chi connectivity index (χ0n) is 11.2. The van der Waals surface area contributed by atoms with Crippen LogP contribution in [0.5, 0.6) is 0 Å². The molecule has 3 N–H and O–H groups in total. The van der Waals surface area contributed by atoms with Crippen molar-refractivity contribution in [3.63, 3.8) is 0 Å². The summed E-state index contributed by atoms with van der Waals surface area (Å²) < 4.78 is 22.7. The Morgan fingerprint density at radius 2 is 1.95 bits per heavy atom. The number of hydrogen-bond donors (Lipinski definition) is 3. The molecule has 1 heterocycles. The van der Waals surface area contributed by atoms with Crippen molar-refractivity contribution in [2.24, 2.45) is 0 Å². The predicted molar refractivity (Wildman–Crippen MR) is 74.2 cm³/mol. The van der Waals surface area contributed by atoms with E-state index in [1.165, 1.54) is 6.26 Å². The summed E-state index contributed by atoms with van der Waals surface area (Å²) in [5.41, 5.74) is 0.524. The lowest BCUT2D eigenvalue weighted by Crippen LogP contribution is -2.68. The van der Waals surface area contributed by atoms with Gasteiger partial charge in [-0.15, -0.1) is 0 Å². The van der Waals surface area contributed by atoms with Crippen LogP contribution in [0.25, 0.3) is 0 Å². The van der Waals surface area contributed by atoms with Crippen LogP contribution in [-0.2, 0) is 21.2 Å². The van der Waals surface area contributed by atoms with Gasteiger partial charge in [0, 0.05) is 25.9 Å². The van der Waals surface area contributed by atoms with Gasteiger partial charge >= 0.3 is 5.97 Å². The second-order valence-electron chi connectivity index (χ2n) is 5.22. The average Bonchev–Trinajstić information content (AvgIpc) is 2.31. The predicted octanol–water partition coefficient (Wildman–Crippen LogP) is -0.00360. The van der Waals surface area contributed by atoms with E-state index in [4.69, 9.17) is 5.11 Å². The normalized spacial score (nSPS) is 17.4. The fourth-order valence-electron chi connectivity index (χ4n) is 2.17. The molecule has 0 spiro atoms. The first kappa shape index (κ1) is 15.0. The molecule has 1 aromatic rings. The summed E-state index contributed by atoms with van der Waals surface area (Å²) in [4.78, 5) is 11.1. The molecule has 0 aliphatic carbocycles. The average molecular weight is 298 g/mol. The number of hydrogen-bond acceptors (Lipinski definition) is 5. The van der Waals surface area contributed by atoms with Crippen LogP contribution < -0.4 is 10.6 Å². The highest BCUT2D eigenvalue weighted by Gasteiger charge is 2.38. The van der Waals surface area contributed by atoms with E-state index < -0.39 is 21.3 Å². The van der Waals surface area contributed by atoms with E-state index in [0.717, 1.165) is 5.56 Å². The Labute approximate surface area is 118 Å². The van der Waals surface area contributed by atoms with Gasteiger partial charge in [0.25, 0.3) is 0 Å². The largest absolute Gasteiger partial charge is 0.481 e. The summed E-state index contributed by atoms with van der Waals surface area (Å²) in [5, 5.41) is 15.2. The second kappa shape index (κ2) is 5.51. The first-order valence-corrected chi connectivity index (χ1v) is 8.16. The molecule has 110 valence electrons. The summed E-state index contributed by atoms with van der Waals surface area (Å²) >= 11 is 0. The Balaban J connectivity index is 1.99. The molecule has 2 rings (SSSR count). The molecule has 1 saturated heterocycles. The molecule has 0 aromatic heterocycles. The van der Waals surface area contributed by atoms with Crippen LogP contribution in [0.2, 0.25) is 0 Å². The third kappa shape index (κ3) is 3.56. The summed E-state index contributed by atoms with van der Waals surface area (Å²) in [6.45, 7) is 1.76. The van der Waals surface area contributed by atoms with Crippen molar-refractivity contribution >= 4 is 15.8 Å². The van der Waals surface area contributed by atoms with Gasteiger partial charge in [0.1, 0.15) is 0 Å². The smallest absolute Gasteiger partial charge is 0.305 e. The third-order valence-electron chi connectivity index (χ3n) is 3.44. The number of aliphatic carboxylic acids is 1. The van der Waals surface area contributed by atoms with Gasteiger partial charge in [-0.2, -0.15) is 0 Å². The minimum absolute atomic E-state index is 0.0709. The van der Waals surface area contributed by atoms with Gasteiger partial charge in [0.15, 0.2) is 9.84 Å². The van der Waals surface area contributed by atoms with Gasteiger partial charge in [0.2, 0.25) is 0 Å². The lowest BCUT2D eigenvalue weighted by molar-refractivity contribution is -0.139. The zero-order chi connectivity index (χ0) is 14.8. The molecule has 0 amide bonds. The van der Waals surface area contributed by atoms with Crippen molar-refractivity contribution < 1.29 is 18.3 Å². The minimum Gasteiger partial charge on any atom is -0.481 e. The molecule has 1 aliphatic heterocycles. The molecule has 0 saturated carbocycles. The lowest BCUT2D eigenvalue weighted by Gasteiger charge is -2.42. The number of nitrogens with one attached hydrogen (secondary N) is 2. The second-order valence-corrected chi connectivity index (χ2v) is 7.24. The first-order valence-electron chi connectivity index (χ1n) is 6.27. The van der Waals surface area contributed by atoms with E-state index in [1.54, 1.807) is 24.3 Å². The molecule has 20 heavy (non-hydrogen) atoms. The number of sulfone groups is 1. The van der Waals surface area contributed by atoms with Gasteiger partial charge in [-0.25, -0.2) is 8.42 Å². The van der Waals surface area contributed by atoms with E-state index in [0.29, 0.717) is 19.6 Å². The van der Waals surface area contributed by atoms with Gasteiger partial charge < -0.3 is 15.7 Å². The lowest BCUT2D eigenvalue weighted by atomic mass is 9.88. The van der Waals surface area contributed by atoms with E-state index in [9.17, 15) is 13.2 Å². The van der Waals surface area contributed by atoms with Crippen molar-refractivity contribution in [2.45, 2.75) is 23.4 Å². The van der Waals surface area contributed by atoms with Crippen LogP contribution in [-0.4, -0.2) is 44.4 Å². The maximum Gasteiger partial charge on any atom is 0.305 e. The molecule has 0 atom stereocenters. The Morgan fingerprint density at radius 1 is 1.35 bits per heavy atom. The molecule has 0 unspecified atom stereocenters. The highest BCUT2D eigenvalue weighted by atomic mass is 32.2. The summed E-state index contributed by atoms with van der Waals surface area (Å²) in [7, 11) is -3.18. The minimum atomic E-state index is -3.18. The maximum atomic E-state index is 11.3. The van der Waals surface area contributed by atoms with Crippen LogP contribution >= 0.6 is 0 Å². The van der Waals surface area contributed by atoms with E-state index in [-0.39, 0.29) is 11.3 Å². The molecular weight excluding hydrogens is 280 g/mol. The molecule has 1 fully saturated rings. The molecule has 1 aliphatic rings. The molecule has 0 bridgehead atoms. The number of rotatable bonds is 6. The van der Waals surface area contributed by atoms with Crippen molar-refractivity contribution in [3.05, 3.63) is 29.8 Å². The van der Waals surface area contributed by atoms with Crippen molar-refractivity contribution in [1.29, 1.82) is 0 Å². The monoisotopic (exact) mass is 298 g/mol. The quantitative estimate of drug-likeness (QED) is 0.684. The Hall–Kier alpha value is -1.44. The molecule has 7 heteroatoms. The number of benzene rings is 1. The van der Waals surface area contributed by atoms with Crippen LogP contribution in [0, 0.1) is 0 Å². The van der Waals surface area contributed by atoms with Gasteiger partial charge in [-0.05, 0) is 17.7 Å². The SMILES string of the molecule is CS(=O)(=O)c1ccc(CNC2(CC(=O)O)CNC2)cc1. The zero-order valence-corrected chi connectivity index (χ0v) is 12.0. The summed E-state index contributed by atoms with van der Waals surface area (Å²) in [6, 6.07) is 6.61. The van der Waals surface area contributed by atoms with E-state index >= 15 is 0 Å². The molecule has 6 nitrogen and oxygen atoms in total. The number of carboxylic acid groups (broad SMARTS) is 1. The van der Waals surface area contributed by atoms with E-state index in [2.05, 4.69) is 10.6 Å². The Bertz CT molecular complexity index is 591. The van der Waals surface area contributed by atoms with Gasteiger partial charge in [-0.3, -0.25) is 4.79 Å². The molecule has 1 aromatic carbocycles. The Morgan fingerprint density at radius 3 is 2.35 bits per heavy atom. The topological polar surface area (TPSA) is 95.5 Å². The highest BCUT2D eigenvalue weighted by molar-refractivity contribution is 7.90. The van der Waals surface area contributed by atoms with Crippen molar-refractivity contribution in [2.75, 3.05) is 19.3 Å². The highest BCUT2D eigenvalue weighted by Crippen LogP contribution is 2.17. The van der Waals surface area contributed by atoms with Crippen LogP contribution in [0.4, 0.5) is 0 Å². The fourth-order valence-corrected chi connectivity index (χ4v) is 2.80. The standard InChI is InChI=1S/C13H18N2O4S/c1-20(18,19)11-4-2-10(3-5-11)7-15-13(6-12(16)17)8-14-9-13/h2-5,14-15H,6-9H2,1H3,(H,16,17). The molecule has 0 radical (unpaired) electrons. The van der Waals surface area contributed by atoms with Crippen LogP contribution in [0.1, 0.15) is 12.0 Å². The number of carboxylic acids is 1. The summed E-state index contributed by atoms with van der Waals surface area (Å²) in [6.07, 6.45) is 1.24. The Kier molecular flexibility index (Phi) is 4.12. The van der Waals surface area contributed by atoms with Crippen LogP contribution in [0.15, 0.2) is 29.2 Å². The first-order chi connectivity index (χ1) is 9.31. The maximum absolute atomic E-state index is 11.3. The fraction of sp³-hybridized carbons (Fsp3) is 0.462. The van der Waals surface area contributed by atoms with E-state index in [1.807, 2.05) is 0 Å².